The quantitative estimate of drug-likeness (QED) is 0.379. The van der Waals surface area contributed by atoms with Gasteiger partial charge in [-0.2, -0.15) is 5.10 Å². The van der Waals surface area contributed by atoms with Gasteiger partial charge in [0.2, 0.25) is 0 Å². The zero-order valence-corrected chi connectivity index (χ0v) is 15.6. The second-order valence-electron chi connectivity index (χ2n) is 6.12. The first-order valence-electron chi connectivity index (χ1n) is 8.33. The first kappa shape index (κ1) is 18.6. The molecule has 0 unspecified atom stereocenters. The fraction of sp³-hybridized carbons (Fsp3) is 0.529. The highest BCUT2D eigenvalue weighted by Gasteiger charge is 2.12. The Hall–Kier alpha value is -1.70. The highest BCUT2D eigenvalue weighted by atomic mass is 32.1. The predicted molar refractivity (Wildman–Crippen MR) is 103 cm³/mol. The third-order valence-corrected chi connectivity index (χ3v) is 4.33. The lowest BCUT2D eigenvalue weighted by molar-refractivity contribution is -0.906. The number of nitrogens with one attached hydrogen (secondary N) is 3. The van der Waals surface area contributed by atoms with E-state index in [1.54, 1.807) is 4.90 Å². The molecule has 0 amide bonds. The van der Waals surface area contributed by atoms with Gasteiger partial charge in [-0.25, -0.2) is 0 Å². The molecule has 7 heteroatoms. The van der Waals surface area contributed by atoms with Crippen molar-refractivity contribution >= 4 is 28.7 Å². The molecule has 0 spiro atoms. The van der Waals surface area contributed by atoms with Gasteiger partial charge in [0, 0.05) is 19.8 Å². The van der Waals surface area contributed by atoms with E-state index in [0.29, 0.717) is 5.11 Å². The topological polar surface area (TPSA) is 53.3 Å². The fourth-order valence-corrected chi connectivity index (χ4v) is 2.65. The minimum absolute atomic E-state index is 0.562. The maximum atomic E-state index is 5.35. The molecule has 1 fully saturated rings. The summed E-state index contributed by atoms with van der Waals surface area (Å²) in [5.74, 6) is 0. The van der Waals surface area contributed by atoms with Crippen LogP contribution in [0.15, 0.2) is 29.4 Å². The smallest absolute Gasteiger partial charge is 0.187 e. The second kappa shape index (κ2) is 9.56. The number of ether oxygens (including phenoxy) is 1. The van der Waals surface area contributed by atoms with Gasteiger partial charge in [0.25, 0.3) is 0 Å². The van der Waals surface area contributed by atoms with Crippen LogP contribution in [0.25, 0.3) is 0 Å². The number of quaternary nitrogens is 1. The number of thiocarbonyl (C=S) groups is 1. The molecular weight excluding hydrogens is 322 g/mol. The molecule has 132 valence electrons. The van der Waals surface area contributed by atoms with E-state index in [4.69, 9.17) is 17.0 Å². The normalized spacial score (nSPS) is 15.9. The largest absolute Gasteiger partial charge is 0.378 e. The second-order valence-corrected chi connectivity index (χ2v) is 6.53. The van der Waals surface area contributed by atoms with Gasteiger partial charge < -0.3 is 19.9 Å². The molecule has 1 aromatic carbocycles. The molecule has 0 atom stereocenters. The van der Waals surface area contributed by atoms with Crippen molar-refractivity contribution in [2.75, 3.05) is 58.4 Å². The van der Waals surface area contributed by atoms with Crippen molar-refractivity contribution in [1.29, 1.82) is 0 Å². The van der Waals surface area contributed by atoms with Crippen LogP contribution in [0, 0.1) is 0 Å². The Morgan fingerprint density at radius 1 is 1.25 bits per heavy atom. The van der Waals surface area contributed by atoms with Crippen LogP contribution >= 0.6 is 12.2 Å². The molecular formula is C17H28N5OS+. The summed E-state index contributed by atoms with van der Waals surface area (Å²) in [6.07, 6.45) is 0. The molecule has 2 rings (SSSR count). The third kappa shape index (κ3) is 6.07. The summed E-state index contributed by atoms with van der Waals surface area (Å²) in [7, 11) is 4.06. The van der Waals surface area contributed by atoms with E-state index in [1.165, 1.54) is 5.69 Å². The van der Waals surface area contributed by atoms with Crippen LogP contribution in [0.2, 0.25) is 0 Å². The number of hydrazone groups is 1. The van der Waals surface area contributed by atoms with E-state index < -0.39 is 0 Å². The summed E-state index contributed by atoms with van der Waals surface area (Å²) < 4.78 is 5.35. The average molecular weight is 351 g/mol. The van der Waals surface area contributed by atoms with Crippen LogP contribution in [-0.2, 0) is 4.74 Å². The Balaban J connectivity index is 1.73. The molecule has 1 saturated heterocycles. The molecule has 3 N–H and O–H groups in total. The van der Waals surface area contributed by atoms with E-state index in [-0.39, 0.29) is 0 Å². The zero-order valence-electron chi connectivity index (χ0n) is 14.8. The summed E-state index contributed by atoms with van der Waals surface area (Å²) in [5, 5.41) is 8.12. The van der Waals surface area contributed by atoms with Crippen LogP contribution in [0.5, 0.6) is 0 Å². The van der Waals surface area contributed by atoms with E-state index in [2.05, 4.69) is 45.0 Å². The monoisotopic (exact) mass is 350 g/mol. The van der Waals surface area contributed by atoms with E-state index in [9.17, 15) is 0 Å². The van der Waals surface area contributed by atoms with Gasteiger partial charge in [0.05, 0.1) is 32.0 Å². The Labute approximate surface area is 149 Å². The lowest BCUT2D eigenvalue weighted by Gasteiger charge is -2.23. The zero-order chi connectivity index (χ0) is 17.4. The maximum Gasteiger partial charge on any atom is 0.187 e. The van der Waals surface area contributed by atoms with Crippen molar-refractivity contribution in [2.24, 2.45) is 5.10 Å². The number of benzene rings is 1. The minimum Gasteiger partial charge on any atom is -0.378 e. The summed E-state index contributed by atoms with van der Waals surface area (Å²) >= 11 is 5.27. The van der Waals surface area contributed by atoms with Crippen LogP contribution in [0.4, 0.5) is 5.69 Å². The SMILES string of the molecule is C/C(=N/NC(=S)NCC[NH+]1CCOCC1)c1ccc(N(C)C)cc1. The molecule has 1 heterocycles. The molecule has 0 saturated carbocycles. The van der Waals surface area contributed by atoms with Crippen molar-refractivity contribution in [2.45, 2.75) is 6.92 Å². The number of hydrogen-bond acceptors (Lipinski definition) is 4. The fourth-order valence-electron chi connectivity index (χ4n) is 2.50. The lowest BCUT2D eigenvalue weighted by atomic mass is 10.1. The minimum atomic E-state index is 0.562. The maximum absolute atomic E-state index is 5.35. The van der Waals surface area contributed by atoms with Crippen LogP contribution in [0.3, 0.4) is 0 Å². The lowest BCUT2D eigenvalue weighted by Crippen LogP contribution is -3.14. The summed E-state index contributed by atoms with van der Waals surface area (Å²) in [5.41, 5.74) is 6.07. The summed E-state index contributed by atoms with van der Waals surface area (Å²) in [4.78, 5) is 3.63. The molecule has 1 aliphatic rings. The van der Waals surface area contributed by atoms with Crippen LogP contribution in [-0.4, -0.2) is 64.3 Å². The first-order valence-corrected chi connectivity index (χ1v) is 8.74. The Morgan fingerprint density at radius 2 is 1.92 bits per heavy atom. The van der Waals surface area contributed by atoms with Crippen LogP contribution in [0.1, 0.15) is 12.5 Å². The number of hydrogen-bond donors (Lipinski definition) is 3. The number of anilines is 1. The van der Waals surface area contributed by atoms with Crippen molar-refractivity contribution in [3.05, 3.63) is 29.8 Å². The van der Waals surface area contributed by atoms with Gasteiger partial charge in [0.1, 0.15) is 13.1 Å². The molecule has 0 aliphatic carbocycles. The standard InChI is InChI=1S/C17H27N5OS/c1-14(15-4-6-16(7-5-15)21(2)3)19-20-17(24)18-8-9-22-10-12-23-13-11-22/h4-7H,8-13H2,1-3H3,(H2,18,20,24)/p+1/b19-14-. The average Bonchev–Trinajstić information content (AvgIpc) is 2.60. The molecule has 6 nitrogen and oxygen atoms in total. The van der Waals surface area contributed by atoms with Gasteiger partial charge in [-0.1, -0.05) is 12.1 Å². The first-order chi connectivity index (χ1) is 11.6. The van der Waals surface area contributed by atoms with E-state index in [0.717, 1.165) is 50.7 Å². The van der Waals surface area contributed by atoms with Crippen molar-refractivity contribution in [1.82, 2.24) is 10.7 Å². The van der Waals surface area contributed by atoms with Gasteiger partial charge in [-0.15, -0.1) is 0 Å². The molecule has 1 aliphatic heterocycles. The third-order valence-electron chi connectivity index (χ3n) is 4.09. The van der Waals surface area contributed by atoms with E-state index >= 15 is 0 Å². The Kier molecular flexibility index (Phi) is 7.42. The van der Waals surface area contributed by atoms with Crippen LogP contribution < -0.4 is 20.5 Å². The summed E-state index contributed by atoms with van der Waals surface area (Å²) in [6.45, 7) is 7.71. The highest BCUT2D eigenvalue weighted by molar-refractivity contribution is 7.80. The number of rotatable bonds is 6. The molecule has 24 heavy (non-hydrogen) atoms. The van der Waals surface area contributed by atoms with Gasteiger partial charge >= 0.3 is 0 Å². The van der Waals surface area contributed by atoms with Gasteiger partial charge in [0.15, 0.2) is 5.11 Å². The highest BCUT2D eigenvalue weighted by Crippen LogP contribution is 2.12. The van der Waals surface area contributed by atoms with Crippen molar-refractivity contribution in [3.63, 3.8) is 0 Å². The van der Waals surface area contributed by atoms with Crippen molar-refractivity contribution < 1.29 is 9.64 Å². The Bertz CT molecular complexity index is 553. The molecule has 0 aromatic heterocycles. The predicted octanol–water partition coefficient (Wildman–Crippen LogP) is -0.144. The summed E-state index contributed by atoms with van der Waals surface area (Å²) in [6, 6.07) is 8.29. The molecule has 1 aromatic rings. The molecule has 0 bridgehead atoms. The number of nitrogens with zero attached hydrogens (tertiary/aromatic N) is 2. The molecule has 0 radical (unpaired) electrons. The van der Waals surface area contributed by atoms with Gasteiger partial charge in [-0.3, -0.25) is 5.43 Å². The van der Waals surface area contributed by atoms with E-state index in [1.807, 2.05) is 21.0 Å². The Morgan fingerprint density at radius 3 is 2.54 bits per heavy atom. The number of morpholine rings is 1. The van der Waals surface area contributed by atoms with Gasteiger partial charge in [-0.05, 0) is 36.8 Å². The van der Waals surface area contributed by atoms with Crippen molar-refractivity contribution in [3.8, 4) is 0 Å².